The van der Waals surface area contributed by atoms with E-state index in [2.05, 4.69) is 0 Å². The molecule has 0 fully saturated rings. The monoisotopic (exact) mass is 205 g/mol. The Bertz CT molecular complexity index is 401. The van der Waals surface area contributed by atoms with Gasteiger partial charge in [-0.2, -0.15) is 0 Å². The Morgan fingerprint density at radius 2 is 2.20 bits per heavy atom. The molecular formula is C12H15NO2. The molecular weight excluding hydrogens is 190 g/mol. The first-order valence-corrected chi connectivity index (χ1v) is 5.09. The van der Waals surface area contributed by atoms with E-state index in [4.69, 9.17) is 0 Å². The predicted molar refractivity (Wildman–Crippen MR) is 57.7 cm³/mol. The second kappa shape index (κ2) is 3.66. The average molecular weight is 205 g/mol. The van der Waals surface area contributed by atoms with Gasteiger partial charge in [0.1, 0.15) is 11.5 Å². The Labute approximate surface area is 89.3 Å². The molecule has 0 amide bonds. The van der Waals surface area contributed by atoms with Crippen LogP contribution in [0.15, 0.2) is 18.2 Å². The molecule has 0 saturated heterocycles. The van der Waals surface area contributed by atoms with Crippen LogP contribution in [-0.2, 0) is 17.8 Å². The molecule has 1 aliphatic rings. The van der Waals surface area contributed by atoms with Crippen LogP contribution in [-0.4, -0.2) is 28.9 Å². The summed E-state index contributed by atoms with van der Waals surface area (Å²) < 4.78 is 0. The van der Waals surface area contributed by atoms with E-state index in [-0.39, 0.29) is 11.8 Å². The summed E-state index contributed by atoms with van der Waals surface area (Å²) in [4.78, 5) is 13.4. The van der Waals surface area contributed by atoms with Crippen LogP contribution >= 0.6 is 0 Å². The highest BCUT2D eigenvalue weighted by atomic mass is 16.3. The van der Waals surface area contributed by atoms with Crippen molar-refractivity contribution in [3.8, 4) is 5.75 Å². The number of fused-ring (bicyclic) bond motifs is 1. The van der Waals surface area contributed by atoms with Crippen molar-refractivity contribution in [2.45, 2.75) is 25.9 Å². The smallest absolute Gasteiger partial charge is 0.147 e. The molecule has 0 saturated carbocycles. The van der Waals surface area contributed by atoms with E-state index in [1.165, 1.54) is 5.56 Å². The topological polar surface area (TPSA) is 40.5 Å². The van der Waals surface area contributed by atoms with Gasteiger partial charge in [-0.3, -0.25) is 9.69 Å². The highest BCUT2D eigenvalue weighted by Crippen LogP contribution is 2.25. The molecule has 0 aromatic heterocycles. The number of aromatic hydroxyl groups is 1. The van der Waals surface area contributed by atoms with Crippen LogP contribution in [0, 0.1) is 0 Å². The predicted octanol–water partition coefficient (Wildman–Crippen LogP) is 1.34. The summed E-state index contributed by atoms with van der Waals surface area (Å²) in [5.41, 5.74) is 2.29. The van der Waals surface area contributed by atoms with Gasteiger partial charge in [0.2, 0.25) is 0 Å². The van der Waals surface area contributed by atoms with Gasteiger partial charge in [0, 0.05) is 6.54 Å². The van der Waals surface area contributed by atoms with Crippen molar-refractivity contribution in [2.24, 2.45) is 0 Å². The number of carbonyl (C=O) groups excluding carboxylic acids is 1. The number of rotatable bonds is 1. The minimum Gasteiger partial charge on any atom is -0.508 e. The quantitative estimate of drug-likeness (QED) is 0.752. The number of phenols is 1. The van der Waals surface area contributed by atoms with Gasteiger partial charge in [-0.15, -0.1) is 0 Å². The fourth-order valence-electron chi connectivity index (χ4n) is 2.16. The van der Waals surface area contributed by atoms with Gasteiger partial charge < -0.3 is 5.11 Å². The second-order valence-electron chi connectivity index (χ2n) is 4.20. The Kier molecular flexibility index (Phi) is 2.49. The van der Waals surface area contributed by atoms with E-state index in [1.54, 1.807) is 19.1 Å². The minimum atomic E-state index is -0.0120. The Hall–Kier alpha value is -1.35. The third-order valence-corrected chi connectivity index (χ3v) is 3.02. The molecule has 15 heavy (non-hydrogen) atoms. The summed E-state index contributed by atoms with van der Waals surface area (Å²) in [6, 6.07) is 5.36. The maximum atomic E-state index is 11.4. The molecule has 1 aromatic carbocycles. The molecule has 80 valence electrons. The lowest BCUT2D eigenvalue weighted by atomic mass is 9.92. The van der Waals surface area contributed by atoms with Crippen LogP contribution in [0.4, 0.5) is 0 Å². The normalized spacial score (nSPS) is 21.1. The largest absolute Gasteiger partial charge is 0.508 e. The number of carbonyl (C=O) groups is 1. The number of hydrogen-bond donors (Lipinski definition) is 1. The van der Waals surface area contributed by atoms with Gasteiger partial charge in [0.05, 0.1) is 6.04 Å². The number of ketones is 1. The zero-order valence-corrected chi connectivity index (χ0v) is 9.03. The molecule has 0 aliphatic carbocycles. The van der Waals surface area contributed by atoms with Crippen LogP contribution in [0.1, 0.15) is 18.1 Å². The van der Waals surface area contributed by atoms with Gasteiger partial charge in [-0.1, -0.05) is 6.07 Å². The summed E-state index contributed by atoms with van der Waals surface area (Å²) in [5, 5.41) is 9.36. The van der Waals surface area contributed by atoms with Crippen LogP contribution in [0.2, 0.25) is 0 Å². The molecule has 3 heteroatoms. The van der Waals surface area contributed by atoms with Gasteiger partial charge in [0.25, 0.3) is 0 Å². The number of likely N-dealkylation sites (N-methyl/N-ethyl adjacent to an activating group) is 1. The first kappa shape index (κ1) is 10.2. The number of nitrogens with zero attached hydrogens (tertiary/aromatic N) is 1. The van der Waals surface area contributed by atoms with E-state index in [9.17, 15) is 9.90 Å². The van der Waals surface area contributed by atoms with Crippen LogP contribution in [0.5, 0.6) is 5.75 Å². The highest BCUT2D eigenvalue weighted by molar-refractivity contribution is 5.82. The fraction of sp³-hybridized carbons (Fsp3) is 0.417. The molecule has 3 nitrogen and oxygen atoms in total. The van der Waals surface area contributed by atoms with Crippen LogP contribution in [0.3, 0.4) is 0 Å². The van der Waals surface area contributed by atoms with Crippen molar-refractivity contribution in [1.29, 1.82) is 0 Å². The number of hydrogen-bond acceptors (Lipinski definition) is 3. The van der Waals surface area contributed by atoms with Crippen molar-refractivity contribution in [3.05, 3.63) is 29.3 Å². The van der Waals surface area contributed by atoms with Gasteiger partial charge in [-0.05, 0) is 43.7 Å². The third-order valence-electron chi connectivity index (χ3n) is 3.02. The standard InChI is InChI=1S/C12H15NO2/c1-8(14)12-6-9-3-4-11(15)5-10(9)7-13(12)2/h3-5,12,15H,6-7H2,1-2H3. The Morgan fingerprint density at radius 3 is 2.87 bits per heavy atom. The Morgan fingerprint density at radius 1 is 1.47 bits per heavy atom. The molecule has 1 heterocycles. The molecule has 0 radical (unpaired) electrons. The van der Waals surface area contributed by atoms with E-state index < -0.39 is 0 Å². The van der Waals surface area contributed by atoms with E-state index in [0.29, 0.717) is 5.75 Å². The molecule has 0 bridgehead atoms. The van der Waals surface area contributed by atoms with Gasteiger partial charge in [0.15, 0.2) is 0 Å². The van der Waals surface area contributed by atoms with E-state index in [0.717, 1.165) is 18.5 Å². The zero-order valence-electron chi connectivity index (χ0n) is 9.03. The molecule has 1 atom stereocenters. The fourth-order valence-corrected chi connectivity index (χ4v) is 2.16. The average Bonchev–Trinajstić information content (AvgIpc) is 2.15. The number of benzene rings is 1. The van der Waals surface area contributed by atoms with Gasteiger partial charge in [-0.25, -0.2) is 0 Å². The van der Waals surface area contributed by atoms with Crippen LogP contribution in [0.25, 0.3) is 0 Å². The zero-order chi connectivity index (χ0) is 11.0. The van der Waals surface area contributed by atoms with Crippen molar-refractivity contribution < 1.29 is 9.90 Å². The van der Waals surface area contributed by atoms with E-state index >= 15 is 0 Å². The molecule has 1 aromatic rings. The van der Waals surface area contributed by atoms with Crippen molar-refractivity contribution in [1.82, 2.24) is 4.90 Å². The lowest BCUT2D eigenvalue weighted by Gasteiger charge is -2.32. The maximum Gasteiger partial charge on any atom is 0.147 e. The first-order valence-electron chi connectivity index (χ1n) is 5.09. The molecule has 2 rings (SSSR count). The summed E-state index contributed by atoms with van der Waals surface area (Å²) in [6.45, 7) is 2.36. The highest BCUT2D eigenvalue weighted by Gasteiger charge is 2.26. The minimum absolute atomic E-state index is 0.0120. The van der Waals surface area contributed by atoms with Crippen molar-refractivity contribution in [2.75, 3.05) is 7.05 Å². The molecule has 1 N–H and O–H groups in total. The van der Waals surface area contributed by atoms with Gasteiger partial charge >= 0.3 is 0 Å². The summed E-state index contributed by atoms with van der Waals surface area (Å²) in [5.74, 6) is 0.500. The molecule has 1 aliphatic heterocycles. The summed E-state index contributed by atoms with van der Waals surface area (Å²) >= 11 is 0. The lowest BCUT2D eigenvalue weighted by Crippen LogP contribution is -2.42. The second-order valence-corrected chi connectivity index (χ2v) is 4.20. The van der Waals surface area contributed by atoms with Crippen LogP contribution < -0.4 is 0 Å². The summed E-state index contributed by atoms with van der Waals surface area (Å²) in [6.07, 6.45) is 0.751. The molecule has 1 unspecified atom stereocenters. The maximum absolute atomic E-state index is 11.4. The molecule has 0 spiro atoms. The third kappa shape index (κ3) is 1.88. The lowest BCUT2D eigenvalue weighted by molar-refractivity contribution is -0.122. The Balaban J connectivity index is 2.33. The summed E-state index contributed by atoms with van der Waals surface area (Å²) in [7, 11) is 1.94. The first-order chi connectivity index (χ1) is 7.08. The number of phenolic OH excluding ortho intramolecular Hbond substituents is 1. The van der Waals surface area contributed by atoms with E-state index in [1.807, 2.05) is 18.0 Å². The number of Topliss-reactive ketones (excluding diaryl/α,β-unsaturated/α-hetero) is 1. The van der Waals surface area contributed by atoms with Crippen molar-refractivity contribution in [3.63, 3.8) is 0 Å². The van der Waals surface area contributed by atoms with Crippen molar-refractivity contribution >= 4 is 5.78 Å². The SMILES string of the molecule is CC(=O)C1Cc2ccc(O)cc2CN1C.